The molecule has 0 fully saturated rings. The van der Waals surface area contributed by atoms with Gasteiger partial charge in [-0.1, -0.05) is 119 Å². The molecule has 0 aromatic heterocycles. The van der Waals surface area contributed by atoms with Crippen LogP contribution in [0.4, 0.5) is 0 Å². The van der Waals surface area contributed by atoms with Crippen molar-refractivity contribution in [1.29, 1.82) is 5.26 Å². The number of nitrogens with zero attached hydrogens (tertiary/aromatic N) is 1. The molecule has 2 heteroatoms. The lowest BCUT2D eigenvalue weighted by Crippen LogP contribution is -2.47. The van der Waals surface area contributed by atoms with E-state index in [0.717, 1.165) is 31.2 Å². The molecule has 0 aliphatic heterocycles. The first kappa shape index (κ1) is 27.6. The van der Waals surface area contributed by atoms with Gasteiger partial charge >= 0.3 is 0 Å². The van der Waals surface area contributed by atoms with E-state index in [1.807, 2.05) is 24.3 Å². The molecule has 0 heterocycles. The zero-order valence-electron chi connectivity index (χ0n) is 23.3. The molecule has 1 aliphatic carbocycles. The predicted molar refractivity (Wildman–Crippen MR) is 158 cm³/mol. The van der Waals surface area contributed by atoms with Crippen molar-refractivity contribution in [3.05, 3.63) is 125 Å². The minimum Gasteiger partial charge on any atom is -0.380 e. The fraction of sp³-hybridized carbons (Fsp3) is 0.361. The van der Waals surface area contributed by atoms with Crippen LogP contribution in [0.25, 0.3) is 5.57 Å². The Morgan fingerprint density at radius 1 is 0.842 bits per heavy atom. The van der Waals surface area contributed by atoms with Crippen molar-refractivity contribution in [3.63, 3.8) is 0 Å². The van der Waals surface area contributed by atoms with Gasteiger partial charge < -0.3 is 5.11 Å². The molecule has 0 radical (unpaired) electrons. The zero-order chi connectivity index (χ0) is 27.2. The molecule has 0 saturated heterocycles. The molecule has 0 saturated carbocycles. The van der Waals surface area contributed by atoms with Gasteiger partial charge in [0.2, 0.25) is 0 Å². The number of aryl methyl sites for hydroxylation is 1. The van der Waals surface area contributed by atoms with E-state index in [2.05, 4.69) is 107 Å². The number of allylic oxidation sites excluding steroid dienone is 2. The van der Waals surface area contributed by atoms with Gasteiger partial charge in [0.1, 0.15) is 5.60 Å². The first-order valence-electron chi connectivity index (χ1n) is 14.0. The van der Waals surface area contributed by atoms with Crippen LogP contribution in [-0.4, -0.2) is 5.11 Å². The number of rotatable bonds is 10. The SMILES string of the molecule is CC(C)Cc1cc(CCC#N)ccc1C1=CC(Cc2ccccc2)(CC(C)C)C(O)(c2ccccc2)C=C1. The van der Waals surface area contributed by atoms with Gasteiger partial charge in [0.15, 0.2) is 0 Å². The van der Waals surface area contributed by atoms with Gasteiger partial charge in [-0.3, -0.25) is 0 Å². The van der Waals surface area contributed by atoms with Crippen molar-refractivity contribution in [2.45, 2.75) is 65.4 Å². The van der Waals surface area contributed by atoms with Crippen LogP contribution >= 0.6 is 0 Å². The zero-order valence-corrected chi connectivity index (χ0v) is 23.3. The standard InChI is InChI=1S/C36H41NO/c1-27(2)22-32-23-29(14-11-21-37)17-18-34(32)31-19-20-36(38,33-15-9-6-10-16-33)35(26-31,24-28(3)4)25-30-12-7-5-8-13-30/h5-10,12-13,15-20,23,26-28,38H,11,14,22,24-25H2,1-4H3. The Kier molecular flexibility index (Phi) is 8.70. The highest BCUT2D eigenvalue weighted by atomic mass is 16.3. The van der Waals surface area contributed by atoms with Gasteiger partial charge in [0, 0.05) is 11.8 Å². The number of aliphatic hydroxyl groups is 1. The van der Waals surface area contributed by atoms with E-state index in [9.17, 15) is 5.11 Å². The fourth-order valence-electron chi connectivity index (χ4n) is 6.13. The third-order valence-corrected chi connectivity index (χ3v) is 7.68. The second-order valence-corrected chi connectivity index (χ2v) is 11.7. The summed E-state index contributed by atoms with van der Waals surface area (Å²) in [6.07, 6.45) is 10.4. The highest BCUT2D eigenvalue weighted by Crippen LogP contribution is 2.53. The molecule has 0 spiro atoms. The van der Waals surface area contributed by atoms with Crippen LogP contribution in [-0.2, 0) is 24.9 Å². The maximum Gasteiger partial charge on any atom is 0.117 e. The maximum absolute atomic E-state index is 12.6. The van der Waals surface area contributed by atoms with Gasteiger partial charge in [-0.05, 0) is 77.0 Å². The molecule has 0 bridgehead atoms. The molecule has 38 heavy (non-hydrogen) atoms. The lowest BCUT2D eigenvalue weighted by molar-refractivity contribution is -0.0346. The summed E-state index contributed by atoms with van der Waals surface area (Å²) in [6.45, 7) is 9.00. The Hall–Kier alpha value is -3.41. The van der Waals surface area contributed by atoms with Gasteiger partial charge in [-0.15, -0.1) is 0 Å². The second kappa shape index (κ2) is 12.0. The minimum absolute atomic E-state index is 0.390. The average Bonchev–Trinajstić information content (AvgIpc) is 2.90. The van der Waals surface area contributed by atoms with Crippen molar-refractivity contribution >= 4 is 5.57 Å². The molecule has 3 aromatic rings. The Labute approximate surface area is 229 Å². The first-order valence-corrected chi connectivity index (χ1v) is 14.0. The molecule has 2 unspecified atom stereocenters. The summed E-state index contributed by atoms with van der Waals surface area (Å²) in [6, 6.07) is 29.7. The van der Waals surface area contributed by atoms with Crippen molar-refractivity contribution in [2.75, 3.05) is 0 Å². The van der Waals surface area contributed by atoms with Crippen molar-refractivity contribution in [1.82, 2.24) is 0 Å². The molecular weight excluding hydrogens is 462 g/mol. The minimum atomic E-state index is -1.14. The van der Waals surface area contributed by atoms with Crippen molar-refractivity contribution < 1.29 is 5.11 Å². The molecule has 2 nitrogen and oxygen atoms in total. The van der Waals surface area contributed by atoms with Crippen LogP contribution in [0.5, 0.6) is 0 Å². The summed E-state index contributed by atoms with van der Waals surface area (Å²) < 4.78 is 0. The lowest BCUT2D eigenvalue weighted by atomic mass is 9.58. The molecule has 4 rings (SSSR count). The molecule has 1 aliphatic rings. The van der Waals surface area contributed by atoms with Crippen LogP contribution in [0.3, 0.4) is 0 Å². The van der Waals surface area contributed by atoms with E-state index in [0.29, 0.717) is 18.3 Å². The predicted octanol–water partition coefficient (Wildman–Crippen LogP) is 8.46. The molecule has 196 valence electrons. The molecule has 2 atom stereocenters. The third kappa shape index (κ3) is 6.01. The summed E-state index contributed by atoms with van der Waals surface area (Å²) in [5.74, 6) is 0.903. The number of benzene rings is 3. The quantitative estimate of drug-likeness (QED) is 0.302. The van der Waals surface area contributed by atoms with E-state index in [1.54, 1.807) is 0 Å². The van der Waals surface area contributed by atoms with Crippen LogP contribution in [0, 0.1) is 28.6 Å². The van der Waals surface area contributed by atoms with Crippen molar-refractivity contribution in [3.8, 4) is 6.07 Å². The van der Waals surface area contributed by atoms with E-state index in [4.69, 9.17) is 5.26 Å². The first-order chi connectivity index (χ1) is 18.3. The largest absolute Gasteiger partial charge is 0.380 e. The molecule has 0 amide bonds. The number of hydrogen-bond donors (Lipinski definition) is 1. The van der Waals surface area contributed by atoms with Crippen LogP contribution in [0.15, 0.2) is 97.1 Å². The monoisotopic (exact) mass is 503 g/mol. The van der Waals surface area contributed by atoms with E-state index < -0.39 is 11.0 Å². The Morgan fingerprint density at radius 2 is 1.53 bits per heavy atom. The molecular formula is C36H41NO. The lowest BCUT2D eigenvalue weighted by Gasteiger charge is -2.48. The Balaban J connectivity index is 1.91. The summed E-state index contributed by atoms with van der Waals surface area (Å²) in [5, 5.41) is 21.7. The second-order valence-electron chi connectivity index (χ2n) is 11.7. The highest BCUT2D eigenvalue weighted by Gasteiger charge is 2.50. The van der Waals surface area contributed by atoms with Crippen molar-refractivity contribution in [2.24, 2.45) is 17.3 Å². The number of nitriles is 1. The summed E-state index contributed by atoms with van der Waals surface area (Å²) in [7, 11) is 0. The topological polar surface area (TPSA) is 44.0 Å². The van der Waals surface area contributed by atoms with Gasteiger partial charge in [-0.25, -0.2) is 0 Å². The highest BCUT2D eigenvalue weighted by molar-refractivity contribution is 5.79. The van der Waals surface area contributed by atoms with Crippen LogP contribution in [0.2, 0.25) is 0 Å². The van der Waals surface area contributed by atoms with Gasteiger partial charge in [-0.2, -0.15) is 5.26 Å². The molecule has 3 aromatic carbocycles. The summed E-state index contributed by atoms with van der Waals surface area (Å²) in [4.78, 5) is 0. The molecule has 1 N–H and O–H groups in total. The van der Waals surface area contributed by atoms with Gasteiger partial charge in [0.05, 0.1) is 6.07 Å². The summed E-state index contributed by atoms with van der Waals surface area (Å²) in [5.41, 5.74) is 5.42. The Morgan fingerprint density at radius 3 is 2.16 bits per heavy atom. The van der Waals surface area contributed by atoms with E-state index in [1.165, 1.54) is 27.8 Å². The average molecular weight is 504 g/mol. The van der Waals surface area contributed by atoms with E-state index >= 15 is 0 Å². The smallest absolute Gasteiger partial charge is 0.117 e. The maximum atomic E-state index is 12.6. The Bertz CT molecular complexity index is 1310. The third-order valence-electron chi connectivity index (χ3n) is 7.68. The normalized spacial score (nSPS) is 20.9. The van der Waals surface area contributed by atoms with Crippen LogP contribution in [0.1, 0.15) is 68.4 Å². The van der Waals surface area contributed by atoms with E-state index in [-0.39, 0.29) is 0 Å². The van der Waals surface area contributed by atoms with Gasteiger partial charge in [0.25, 0.3) is 0 Å². The number of hydrogen-bond acceptors (Lipinski definition) is 2. The summed E-state index contributed by atoms with van der Waals surface area (Å²) >= 11 is 0. The van der Waals surface area contributed by atoms with Crippen LogP contribution < -0.4 is 0 Å². The fourth-order valence-corrected chi connectivity index (χ4v) is 6.13.